The molecule has 0 spiro atoms. The fraction of sp³-hybridized carbons (Fsp3) is 0.529. The molecule has 126 valence electrons. The van der Waals surface area contributed by atoms with Crippen LogP contribution in [0.2, 0.25) is 0 Å². The van der Waals surface area contributed by atoms with Crippen molar-refractivity contribution in [2.75, 3.05) is 43.1 Å². The topological polar surface area (TPSA) is 67.3 Å². The largest absolute Gasteiger partial charge is 0.481 e. The molecular weight excluding hydrogens is 304 g/mol. The first-order valence-corrected chi connectivity index (χ1v) is 8.54. The van der Waals surface area contributed by atoms with Crippen molar-refractivity contribution in [1.82, 2.24) is 19.9 Å². The fourth-order valence-corrected chi connectivity index (χ4v) is 3.55. The van der Waals surface area contributed by atoms with Gasteiger partial charge in [-0.1, -0.05) is 0 Å². The van der Waals surface area contributed by atoms with Crippen LogP contribution in [0.1, 0.15) is 24.1 Å². The maximum Gasteiger partial charge on any atom is 0.218 e. The molecule has 0 saturated carbocycles. The fourth-order valence-electron chi connectivity index (χ4n) is 3.55. The van der Waals surface area contributed by atoms with Gasteiger partial charge in [-0.15, -0.1) is 0 Å². The lowest BCUT2D eigenvalue weighted by atomic mass is 10.1. The van der Waals surface area contributed by atoms with Crippen molar-refractivity contribution in [1.29, 1.82) is 0 Å². The molecule has 2 aromatic rings. The summed E-state index contributed by atoms with van der Waals surface area (Å²) in [7, 11) is 1.63. The molecular formula is C17H22N6O. The highest BCUT2D eigenvalue weighted by Gasteiger charge is 2.23. The summed E-state index contributed by atoms with van der Waals surface area (Å²) in [4.78, 5) is 22.3. The summed E-state index contributed by atoms with van der Waals surface area (Å²) >= 11 is 0. The summed E-state index contributed by atoms with van der Waals surface area (Å²) in [5.41, 5.74) is 2.48. The van der Waals surface area contributed by atoms with Crippen LogP contribution < -0.4 is 14.5 Å². The number of anilines is 2. The Bertz CT molecular complexity index is 716. The SMILES string of the molecule is COc1cc(N2CCc3ncnc(N4CCCC4)c3CC2)ncn1. The lowest BCUT2D eigenvalue weighted by molar-refractivity contribution is 0.396. The number of rotatable bonds is 3. The van der Waals surface area contributed by atoms with Crippen molar-refractivity contribution in [2.45, 2.75) is 25.7 Å². The van der Waals surface area contributed by atoms with E-state index < -0.39 is 0 Å². The summed E-state index contributed by atoms with van der Waals surface area (Å²) in [6.45, 7) is 4.01. The van der Waals surface area contributed by atoms with Crippen LogP contribution in [0.5, 0.6) is 5.88 Å². The van der Waals surface area contributed by atoms with Crippen molar-refractivity contribution in [3.63, 3.8) is 0 Å². The van der Waals surface area contributed by atoms with E-state index in [4.69, 9.17) is 4.74 Å². The number of aromatic nitrogens is 4. The molecule has 4 rings (SSSR count). The van der Waals surface area contributed by atoms with Crippen LogP contribution in [0.25, 0.3) is 0 Å². The molecule has 1 saturated heterocycles. The van der Waals surface area contributed by atoms with Gasteiger partial charge >= 0.3 is 0 Å². The number of methoxy groups -OCH3 is 1. The van der Waals surface area contributed by atoms with Crippen molar-refractivity contribution in [3.05, 3.63) is 30.0 Å². The van der Waals surface area contributed by atoms with Crippen molar-refractivity contribution in [2.24, 2.45) is 0 Å². The molecule has 0 amide bonds. The van der Waals surface area contributed by atoms with Gasteiger partial charge in [0.15, 0.2) is 0 Å². The normalized spacial score (nSPS) is 17.5. The van der Waals surface area contributed by atoms with Gasteiger partial charge in [0.2, 0.25) is 5.88 Å². The summed E-state index contributed by atoms with van der Waals surface area (Å²) < 4.78 is 5.22. The zero-order valence-electron chi connectivity index (χ0n) is 14.0. The van der Waals surface area contributed by atoms with Gasteiger partial charge in [0.25, 0.3) is 0 Å². The standard InChI is InChI=1S/C17H22N6O/c1-24-16-10-15(19-12-20-16)22-8-4-13-14(5-9-22)18-11-21-17(13)23-6-2-3-7-23/h10-12H,2-9H2,1H3. The molecule has 2 aromatic heterocycles. The van der Waals surface area contributed by atoms with E-state index in [9.17, 15) is 0 Å². The molecule has 0 radical (unpaired) electrons. The maximum atomic E-state index is 5.22. The molecule has 2 aliphatic rings. The van der Waals surface area contributed by atoms with Crippen LogP contribution in [0.15, 0.2) is 18.7 Å². The van der Waals surface area contributed by atoms with E-state index in [1.54, 1.807) is 19.8 Å². The van der Waals surface area contributed by atoms with Gasteiger partial charge in [0.05, 0.1) is 12.8 Å². The van der Waals surface area contributed by atoms with Gasteiger partial charge in [0, 0.05) is 44.2 Å². The van der Waals surface area contributed by atoms with Crippen LogP contribution in [0, 0.1) is 0 Å². The second-order valence-corrected chi connectivity index (χ2v) is 6.22. The number of fused-ring (bicyclic) bond motifs is 1. The molecule has 4 heterocycles. The monoisotopic (exact) mass is 326 g/mol. The quantitative estimate of drug-likeness (QED) is 0.846. The van der Waals surface area contributed by atoms with E-state index in [1.165, 1.54) is 24.1 Å². The van der Waals surface area contributed by atoms with Gasteiger partial charge in [-0.3, -0.25) is 0 Å². The summed E-state index contributed by atoms with van der Waals surface area (Å²) in [6.07, 6.45) is 7.63. The van der Waals surface area contributed by atoms with Crippen LogP contribution >= 0.6 is 0 Å². The second kappa shape index (κ2) is 6.59. The smallest absolute Gasteiger partial charge is 0.218 e. The number of hydrogen-bond acceptors (Lipinski definition) is 7. The number of ether oxygens (including phenoxy) is 1. The van der Waals surface area contributed by atoms with E-state index in [-0.39, 0.29) is 0 Å². The van der Waals surface area contributed by atoms with Crippen molar-refractivity contribution < 1.29 is 4.74 Å². The molecule has 0 aromatic carbocycles. The Labute approximate surface area is 141 Å². The molecule has 7 heteroatoms. The lowest BCUT2D eigenvalue weighted by Crippen LogP contribution is -2.27. The van der Waals surface area contributed by atoms with E-state index >= 15 is 0 Å². The maximum absolute atomic E-state index is 5.22. The predicted molar refractivity (Wildman–Crippen MR) is 91.7 cm³/mol. The molecule has 0 N–H and O–H groups in total. The number of hydrogen-bond donors (Lipinski definition) is 0. The van der Waals surface area contributed by atoms with Crippen LogP contribution in [0.4, 0.5) is 11.6 Å². The average molecular weight is 326 g/mol. The minimum atomic E-state index is 0.597. The van der Waals surface area contributed by atoms with Gasteiger partial charge in [-0.2, -0.15) is 0 Å². The van der Waals surface area contributed by atoms with Gasteiger partial charge in [-0.25, -0.2) is 19.9 Å². The third kappa shape index (κ3) is 2.86. The van der Waals surface area contributed by atoms with E-state index in [1.807, 2.05) is 6.07 Å². The Hall–Kier alpha value is -2.44. The molecule has 0 unspecified atom stereocenters. The van der Waals surface area contributed by atoms with Gasteiger partial charge in [-0.05, 0) is 19.3 Å². The zero-order chi connectivity index (χ0) is 16.4. The van der Waals surface area contributed by atoms with E-state index in [0.717, 1.165) is 50.7 Å². The third-order valence-corrected chi connectivity index (χ3v) is 4.83. The Morgan fingerprint density at radius 2 is 1.67 bits per heavy atom. The van der Waals surface area contributed by atoms with Gasteiger partial charge < -0.3 is 14.5 Å². The highest BCUT2D eigenvalue weighted by Crippen LogP contribution is 2.27. The summed E-state index contributed by atoms with van der Waals surface area (Å²) in [5, 5.41) is 0. The Balaban J connectivity index is 1.58. The molecule has 7 nitrogen and oxygen atoms in total. The first kappa shape index (κ1) is 15.1. The second-order valence-electron chi connectivity index (χ2n) is 6.22. The van der Waals surface area contributed by atoms with Crippen molar-refractivity contribution >= 4 is 11.6 Å². The van der Waals surface area contributed by atoms with Gasteiger partial charge in [0.1, 0.15) is 24.3 Å². The molecule has 0 bridgehead atoms. The molecule has 2 aliphatic heterocycles. The van der Waals surface area contributed by atoms with E-state index in [2.05, 4.69) is 29.7 Å². The Morgan fingerprint density at radius 3 is 2.50 bits per heavy atom. The first-order valence-electron chi connectivity index (χ1n) is 8.54. The van der Waals surface area contributed by atoms with Crippen LogP contribution in [0.3, 0.4) is 0 Å². The Kier molecular flexibility index (Phi) is 4.15. The summed E-state index contributed by atoms with van der Waals surface area (Å²) in [6, 6.07) is 1.89. The molecule has 24 heavy (non-hydrogen) atoms. The summed E-state index contributed by atoms with van der Waals surface area (Å²) in [5.74, 6) is 2.64. The highest BCUT2D eigenvalue weighted by molar-refractivity contribution is 5.52. The van der Waals surface area contributed by atoms with Crippen LogP contribution in [-0.4, -0.2) is 53.2 Å². The van der Waals surface area contributed by atoms with Crippen LogP contribution in [-0.2, 0) is 12.8 Å². The average Bonchev–Trinajstić information content (AvgIpc) is 3.08. The third-order valence-electron chi connectivity index (χ3n) is 4.83. The number of nitrogens with zero attached hydrogens (tertiary/aromatic N) is 6. The predicted octanol–water partition coefficient (Wildman–Crippen LogP) is 1.48. The molecule has 0 atom stereocenters. The highest BCUT2D eigenvalue weighted by atomic mass is 16.5. The van der Waals surface area contributed by atoms with E-state index in [0.29, 0.717) is 5.88 Å². The Morgan fingerprint density at radius 1 is 0.875 bits per heavy atom. The zero-order valence-corrected chi connectivity index (χ0v) is 14.0. The minimum absolute atomic E-state index is 0.597. The first-order chi connectivity index (χ1) is 11.8. The minimum Gasteiger partial charge on any atom is -0.481 e. The molecule has 0 aliphatic carbocycles. The van der Waals surface area contributed by atoms with Crippen molar-refractivity contribution in [3.8, 4) is 5.88 Å². The lowest BCUT2D eigenvalue weighted by Gasteiger charge is -2.22. The molecule has 1 fully saturated rings.